The van der Waals surface area contributed by atoms with Crippen LogP contribution < -0.4 is 15.5 Å². The second-order valence-electron chi connectivity index (χ2n) is 7.88. The lowest BCUT2D eigenvalue weighted by atomic mass is 10.0. The summed E-state index contributed by atoms with van der Waals surface area (Å²) in [5.74, 6) is -0.0648. The molecule has 0 bridgehead atoms. The van der Waals surface area contributed by atoms with Crippen molar-refractivity contribution >= 4 is 22.5 Å². The van der Waals surface area contributed by atoms with Crippen molar-refractivity contribution < 1.29 is 9.53 Å². The van der Waals surface area contributed by atoms with Gasteiger partial charge in [-0.2, -0.15) is 5.26 Å². The summed E-state index contributed by atoms with van der Waals surface area (Å²) < 4.78 is 5.95. The SMILES string of the molecule is C[C@@H]1CN(c2ccc(C#N)c3ncccc23)C[C@H](C(=O)NCC2CCCCN2)O1. The second-order valence-corrected chi connectivity index (χ2v) is 7.88. The van der Waals surface area contributed by atoms with Gasteiger partial charge in [-0.15, -0.1) is 0 Å². The Labute approximate surface area is 171 Å². The zero-order chi connectivity index (χ0) is 20.2. The summed E-state index contributed by atoms with van der Waals surface area (Å²) >= 11 is 0. The smallest absolute Gasteiger partial charge is 0.251 e. The first-order valence-electron chi connectivity index (χ1n) is 10.3. The maximum atomic E-state index is 12.8. The van der Waals surface area contributed by atoms with E-state index < -0.39 is 6.10 Å². The van der Waals surface area contributed by atoms with Crippen molar-refractivity contribution in [3.8, 4) is 6.07 Å². The van der Waals surface area contributed by atoms with E-state index in [0.29, 0.717) is 36.8 Å². The normalized spacial score (nSPS) is 24.8. The summed E-state index contributed by atoms with van der Waals surface area (Å²) in [4.78, 5) is 19.3. The monoisotopic (exact) mass is 393 g/mol. The van der Waals surface area contributed by atoms with Crippen molar-refractivity contribution in [2.45, 2.75) is 44.4 Å². The van der Waals surface area contributed by atoms with Crippen LogP contribution >= 0.6 is 0 Å². The third-order valence-electron chi connectivity index (χ3n) is 5.70. The molecule has 0 aliphatic carbocycles. The Hall–Kier alpha value is -2.69. The number of benzene rings is 1. The Kier molecular flexibility index (Phi) is 5.93. The van der Waals surface area contributed by atoms with E-state index in [1.165, 1.54) is 12.8 Å². The van der Waals surface area contributed by atoms with Crippen LogP contribution in [0.5, 0.6) is 0 Å². The molecule has 0 radical (unpaired) electrons. The first kappa shape index (κ1) is 19.6. The van der Waals surface area contributed by atoms with Crippen molar-refractivity contribution in [2.24, 2.45) is 0 Å². The number of nitriles is 1. The average molecular weight is 393 g/mol. The Morgan fingerprint density at radius 2 is 2.28 bits per heavy atom. The number of fused-ring (bicyclic) bond motifs is 1. The number of ether oxygens (including phenoxy) is 1. The highest BCUT2D eigenvalue weighted by Gasteiger charge is 2.31. The molecule has 29 heavy (non-hydrogen) atoms. The van der Waals surface area contributed by atoms with Crippen LogP contribution in [0.4, 0.5) is 5.69 Å². The van der Waals surface area contributed by atoms with E-state index in [-0.39, 0.29) is 12.0 Å². The van der Waals surface area contributed by atoms with Gasteiger partial charge in [-0.1, -0.05) is 6.42 Å². The molecule has 2 N–H and O–H groups in total. The fourth-order valence-electron chi connectivity index (χ4n) is 4.25. The van der Waals surface area contributed by atoms with Gasteiger partial charge < -0.3 is 20.3 Å². The molecule has 1 aromatic heterocycles. The number of hydrogen-bond acceptors (Lipinski definition) is 6. The highest BCUT2D eigenvalue weighted by atomic mass is 16.5. The number of carbonyl (C=O) groups is 1. The highest BCUT2D eigenvalue weighted by molar-refractivity contribution is 5.95. The third kappa shape index (κ3) is 4.34. The minimum absolute atomic E-state index is 0.0648. The van der Waals surface area contributed by atoms with Gasteiger partial charge in [0.2, 0.25) is 0 Å². The van der Waals surface area contributed by atoms with Gasteiger partial charge in [-0.05, 0) is 50.6 Å². The van der Waals surface area contributed by atoms with Crippen LogP contribution in [0.3, 0.4) is 0 Å². The topological polar surface area (TPSA) is 90.3 Å². The second kappa shape index (κ2) is 8.76. The summed E-state index contributed by atoms with van der Waals surface area (Å²) in [6.45, 7) is 4.80. The zero-order valence-electron chi connectivity index (χ0n) is 16.7. The molecule has 7 nitrogen and oxygen atoms in total. The van der Waals surface area contributed by atoms with Crippen molar-refractivity contribution in [3.05, 3.63) is 36.0 Å². The Bertz CT molecular complexity index is 919. The molecule has 3 heterocycles. The number of amides is 1. The van der Waals surface area contributed by atoms with E-state index in [1.54, 1.807) is 12.3 Å². The van der Waals surface area contributed by atoms with Gasteiger partial charge in [-0.25, -0.2) is 0 Å². The molecule has 152 valence electrons. The van der Waals surface area contributed by atoms with E-state index in [2.05, 4.69) is 26.6 Å². The lowest BCUT2D eigenvalue weighted by molar-refractivity contribution is -0.137. The summed E-state index contributed by atoms with van der Waals surface area (Å²) in [6.07, 6.45) is 4.61. The Morgan fingerprint density at radius 1 is 1.38 bits per heavy atom. The molecule has 0 saturated carbocycles. The zero-order valence-corrected chi connectivity index (χ0v) is 16.7. The van der Waals surface area contributed by atoms with E-state index in [4.69, 9.17) is 4.74 Å². The molecule has 1 aromatic carbocycles. The van der Waals surface area contributed by atoms with Crippen LogP contribution in [0.15, 0.2) is 30.5 Å². The number of rotatable bonds is 4. The molecule has 7 heteroatoms. The van der Waals surface area contributed by atoms with Crippen molar-refractivity contribution in [3.63, 3.8) is 0 Å². The van der Waals surface area contributed by atoms with Crippen LogP contribution in [0.2, 0.25) is 0 Å². The number of nitrogens with zero attached hydrogens (tertiary/aromatic N) is 3. The lowest BCUT2D eigenvalue weighted by Gasteiger charge is -2.38. The fraction of sp³-hybridized carbons (Fsp3) is 0.500. The summed E-state index contributed by atoms with van der Waals surface area (Å²) in [5, 5.41) is 16.8. The maximum Gasteiger partial charge on any atom is 0.251 e. The minimum atomic E-state index is -0.523. The van der Waals surface area contributed by atoms with Gasteiger partial charge in [0.25, 0.3) is 5.91 Å². The molecule has 2 fully saturated rings. The van der Waals surface area contributed by atoms with Crippen LogP contribution in [0.1, 0.15) is 31.7 Å². The first-order valence-corrected chi connectivity index (χ1v) is 10.3. The van der Waals surface area contributed by atoms with E-state index in [1.807, 2.05) is 25.1 Å². The predicted octanol–water partition coefficient (Wildman–Crippen LogP) is 1.96. The van der Waals surface area contributed by atoms with E-state index in [9.17, 15) is 10.1 Å². The number of pyridine rings is 1. The van der Waals surface area contributed by atoms with Crippen molar-refractivity contribution in [1.29, 1.82) is 5.26 Å². The average Bonchev–Trinajstić information content (AvgIpc) is 2.77. The standard InChI is InChI=1S/C22H27N5O2/c1-15-13-27(19-8-7-16(11-23)21-18(19)6-4-10-25-21)14-20(29-15)22(28)26-12-17-5-2-3-9-24-17/h4,6-8,10,15,17,20,24H,2-3,5,9,12-14H2,1H3,(H,26,28)/t15-,17?,20-/m1/s1. The molecule has 3 atom stereocenters. The van der Waals surface area contributed by atoms with Gasteiger partial charge in [0.1, 0.15) is 6.07 Å². The number of hydrogen-bond donors (Lipinski definition) is 2. The van der Waals surface area contributed by atoms with Crippen molar-refractivity contribution in [1.82, 2.24) is 15.6 Å². The van der Waals surface area contributed by atoms with Crippen molar-refractivity contribution in [2.75, 3.05) is 31.1 Å². The Balaban J connectivity index is 1.50. The van der Waals surface area contributed by atoms with Gasteiger partial charge >= 0.3 is 0 Å². The van der Waals surface area contributed by atoms with E-state index in [0.717, 1.165) is 24.0 Å². The summed E-state index contributed by atoms with van der Waals surface area (Å²) in [7, 11) is 0. The summed E-state index contributed by atoms with van der Waals surface area (Å²) in [6, 6.07) is 10.1. The van der Waals surface area contributed by atoms with Gasteiger partial charge in [0, 0.05) is 36.4 Å². The third-order valence-corrected chi connectivity index (χ3v) is 5.70. The van der Waals surface area contributed by atoms with Crippen LogP contribution in [-0.2, 0) is 9.53 Å². The van der Waals surface area contributed by atoms with Gasteiger partial charge in [0.05, 0.1) is 23.7 Å². The largest absolute Gasteiger partial charge is 0.365 e. The maximum absolute atomic E-state index is 12.8. The minimum Gasteiger partial charge on any atom is -0.365 e. The number of carbonyl (C=O) groups excluding carboxylic acids is 1. The molecule has 2 saturated heterocycles. The van der Waals surface area contributed by atoms with Crippen LogP contribution in [-0.4, -0.2) is 55.3 Å². The first-order chi connectivity index (χ1) is 14.2. The van der Waals surface area contributed by atoms with Crippen LogP contribution in [0, 0.1) is 11.3 Å². The predicted molar refractivity (Wildman–Crippen MR) is 112 cm³/mol. The highest BCUT2D eigenvalue weighted by Crippen LogP contribution is 2.30. The number of aromatic nitrogens is 1. The molecule has 2 aliphatic heterocycles. The lowest BCUT2D eigenvalue weighted by Crippen LogP contribution is -2.54. The van der Waals surface area contributed by atoms with Gasteiger partial charge in [-0.3, -0.25) is 9.78 Å². The molecular formula is C22H27N5O2. The quantitative estimate of drug-likeness (QED) is 0.825. The molecule has 1 unspecified atom stereocenters. The fourth-order valence-corrected chi connectivity index (χ4v) is 4.25. The van der Waals surface area contributed by atoms with Crippen LogP contribution in [0.25, 0.3) is 10.9 Å². The Morgan fingerprint density at radius 3 is 3.07 bits per heavy atom. The molecule has 2 aliphatic rings. The van der Waals surface area contributed by atoms with Gasteiger partial charge in [0.15, 0.2) is 6.10 Å². The molecule has 0 spiro atoms. The number of morpholine rings is 1. The molecule has 4 rings (SSSR count). The van der Waals surface area contributed by atoms with E-state index >= 15 is 0 Å². The molecule has 1 amide bonds. The molecule has 2 aromatic rings. The number of piperidine rings is 1. The summed E-state index contributed by atoms with van der Waals surface area (Å²) in [5.41, 5.74) is 2.23. The number of nitrogens with one attached hydrogen (secondary N) is 2. The molecular weight excluding hydrogens is 366 g/mol. The number of anilines is 1.